The number of halogens is 1. The van der Waals surface area contributed by atoms with E-state index in [2.05, 4.69) is 10.4 Å². The number of nitrogens with zero attached hydrogens (tertiary/aromatic N) is 2. The highest BCUT2D eigenvalue weighted by atomic mass is 35.5. The summed E-state index contributed by atoms with van der Waals surface area (Å²) in [7, 11) is 0. The number of aromatic nitrogens is 2. The molecule has 3 rings (SSSR count). The number of amides is 1. The smallest absolute Gasteiger partial charge is 0.282 e. The fraction of sp³-hybridized carbons (Fsp3) is 0.300. The van der Waals surface area contributed by atoms with Crippen molar-refractivity contribution < 1.29 is 4.79 Å². The molecule has 7 heteroatoms. The zero-order chi connectivity index (χ0) is 12.0. The first-order valence-electron chi connectivity index (χ1n) is 5.20. The molecule has 88 valence electrons. The van der Waals surface area contributed by atoms with Gasteiger partial charge in [0.05, 0.1) is 5.39 Å². The predicted molar refractivity (Wildman–Crippen MR) is 66.1 cm³/mol. The van der Waals surface area contributed by atoms with Gasteiger partial charge in [0.2, 0.25) is 0 Å². The van der Waals surface area contributed by atoms with Gasteiger partial charge in [-0.15, -0.1) is 11.3 Å². The number of carbonyl (C=O) groups excluding carboxylic acids is 1. The molecule has 2 N–H and O–H groups in total. The van der Waals surface area contributed by atoms with Crippen LogP contribution in [0.15, 0.2) is 6.33 Å². The Kier molecular flexibility index (Phi) is 2.41. The highest BCUT2D eigenvalue weighted by molar-refractivity contribution is 7.18. The molecule has 0 aliphatic heterocycles. The zero-order valence-corrected chi connectivity index (χ0v) is 10.4. The number of nitrogens with one attached hydrogen (secondary N) is 2. The van der Waals surface area contributed by atoms with E-state index in [1.54, 1.807) is 11.3 Å². The zero-order valence-electron chi connectivity index (χ0n) is 8.79. The third-order valence-electron chi connectivity index (χ3n) is 2.88. The lowest BCUT2D eigenvalue weighted by molar-refractivity contribution is 0.266. The first-order chi connectivity index (χ1) is 8.16. The minimum absolute atomic E-state index is 0.239. The molecule has 0 spiro atoms. The standard InChI is InChI=1S/C10H9ClN4OS/c11-10(16)14-15-4-13-9-7(8(15)12)5-2-1-3-6(5)17-9/h4,12H,1-3H2,(H,14,16). The molecule has 1 aliphatic rings. The summed E-state index contributed by atoms with van der Waals surface area (Å²) in [6.45, 7) is 0. The van der Waals surface area contributed by atoms with Crippen LogP contribution in [0.5, 0.6) is 0 Å². The second-order valence-electron chi connectivity index (χ2n) is 3.89. The van der Waals surface area contributed by atoms with Crippen LogP contribution < -0.4 is 10.9 Å². The molecule has 0 radical (unpaired) electrons. The fourth-order valence-electron chi connectivity index (χ4n) is 2.19. The van der Waals surface area contributed by atoms with Crippen molar-refractivity contribution in [2.45, 2.75) is 19.3 Å². The molecule has 2 aromatic heterocycles. The van der Waals surface area contributed by atoms with E-state index < -0.39 is 5.37 Å². The van der Waals surface area contributed by atoms with Crippen molar-refractivity contribution in [3.8, 4) is 0 Å². The van der Waals surface area contributed by atoms with Crippen LogP contribution in [0.3, 0.4) is 0 Å². The Bertz CT molecular complexity index is 675. The van der Waals surface area contributed by atoms with E-state index in [1.165, 1.54) is 21.4 Å². The Morgan fingerprint density at radius 1 is 1.59 bits per heavy atom. The van der Waals surface area contributed by atoms with Crippen molar-refractivity contribution in [2.24, 2.45) is 0 Å². The molecule has 2 aromatic rings. The second-order valence-corrected chi connectivity index (χ2v) is 5.31. The van der Waals surface area contributed by atoms with Crippen LogP contribution in [0.2, 0.25) is 0 Å². The van der Waals surface area contributed by atoms with E-state index in [0.717, 1.165) is 29.5 Å². The number of hydrogen-bond acceptors (Lipinski definition) is 4. The first kappa shape index (κ1) is 10.7. The summed E-state index contributed by atoms with van der Waals surface area (Å²) in [5, 5.41) is 8.19. The third-order valence-corrected chi connectivity index (χ3v) is 4.16. The summed E-state index contributed by atoms with van der Waals surface area (Å²) >= 11 is 6.89. The van der Waals surface area contributed by atoms with Crippen LogP contribution in [-0.2, 0) is 12.8 Å². The lowest BCUT2D eigenvalue weighted by Crippen LogP contribution is -2.30. The minimum Gasteiger partial charge on any atom is -0.282 e. The van der Waals surface area contributed by atoms with E-state index in [9.17, 15) is 4.79 Å². The van der Waals surface area contributed by atoms with Crippen molar-refractivity contribution in [1.82, 2.24) is 9.66 Å². The monoisotopic (exact) mass is 268 g/mol. The number of carbonyl (C=O) groups is 1. The van der Waals surface area contributed by atoms with Crippen molar-refractivity contribution in [1.29, 1.82) is 5.41 Å². The maximum atomic E-state index is 10.8. The Morgan fingerprint density at radius 2 is 2.41 bits per heavy atom. The van der Waals surface area contributed by atoms with Gasteiger partial charge in [-0.3, -0.25) is 10.2 Å². The number of fused-ring (bicyclic) bond motifs is 3. The van der Waals surface area contributed by atoms with Gasteiger partial charge < -0.3 is 0 Å². The minimum atomic E-state index is -0.725. The Morgan fingerprint density at radius 3 is 3.18 bits per heavy atom. The summed E-state index contributed by atoms with van der Waals surface area (Å²) in [6, 6.07) is 0. The molecule has 0 bridgehead atoms. The van der Waals surface area contributed by atoms with Crippen molar-refractivity contribution in [3.63, 3.8) is 0 Å². The Labute approximate surface area is 106 Å². The van der Waals surface area contributed by atoms with Gasteiger partial charge in [0.15, 0.2) is 5.49 Å². The average molecular weight is 269 g/mol. The molecule has 0 atom stereocenters. The lowest BCUT2D eigenvalue weighted by atomic mass is 10.2. The highest BCUT2D eigenvalue weighted by Crippen LogP contribution is 2.34. The lowest BCUT2D eigenvalue weighted by Gasteiger charge is -2.05. The SMILES string of the molecule is N=c1c2c3c(sc2ncn1NC(=O)Cl)CCC3. The molecule has 5 nitrogen and oxygen atoms in total. The molecule has 1 amide bonds. The van der Waals surface area contributed by atoms with Gasteiger partial charge in [-0.05, 0) is 36.4 Å². The maximum absolute atomic E-state index is 10.8. The van der Waals surface area contributed by atoms with Gasteiger partial charge in [0, 0.05) is 4.88 Å². The molecule has 0 unspecified atom stereocenters. The molecule has 0 fully saturated rings. The van der Waals surface area contributed by atoms with Gasteiger partial charge in [-0.25, -0.2) is 15.1 Å². The summed E-state index contributed by atoms with van der Waals surface area (Å²) in [5.74, 6) is 0. The summed E-state index contributed by atoms with van der Waals surface area (Å²) in [4.78, 5) is 17.2. The van der Waals surface area contributed by atoms with Crippen LogP contribution in [0.25, 0.3) is 10.2 Å². The van der Waals surface area contributed by atoms with Crippen LogP contribution in [0, 0.1) is 5.41 Å². The predicted octanol–water partition coefficient (Wildman–Crippen LogP) is 1.97. The summed E-state index contributed by atoms with van der Waals surface area (Å²) < 4.78 is 1.25. The second kappa shape index (κ2) is 3.82. The highest BCUT2D eigenvalue weighted by Gasteiger charge is 2.20. The topological polar surface area (TPSA) is 70.8 Å². The van der Waals surface area contributed by atoms with E-state index in [0.29, 0.717) is 0 Å². The van der Waals surface area contributed by atoms with Crippen molar-refractivity contribution in [3.05, 3.63) is 22.3 Å². The van der Waals surface area contributed by atoms with E-state index in [1.807, 2.05) is 0 Å². The fourth-order valence-corrected chi connectivity index (χ4v) is 3.51. The largest absolute Gasteiger partial charge is 0.332 e. The number of aryl methyl sites for hydroxylation is 2. The average Bonchev–Trinajstić information content (AvgIpc) is 2.80. The van der Waals surface area contributed by atoms with Gasteiger partial charge in [0.1, 0.15) is 11.2 Å². The number of rotatable bonds is 1. The number of hydrogen-bond donors (Lipinski definition) is 2. The van der Waals surface area contributed by atoms with E-state index in [-0.39, 0.29) is 5.49 Å². The van der Waals surface area contributed by atoms with Gasteiger partial charge in [-0.1, -0.05) is 0 Å². The van der Waals surface area contributed by atoms with Crippen LogP contribution in [0.1, 0.15) is 16.9 Å². The maximum Gasteiger partial charge on any atom is 0.332 e. The van der Waals surface area contributed by atoms with Gasteiger partial charge >= 0.3 is 5.37 Å². The van der Waals surface area contributed by atoms with E-state index in [4.69, 9.17) is 17.0 Å². The molecule has 0 saturated carbocycles. The number of thiophene rings is 1. The van der Waals surface area contributed by atoms with Crippen LogP contribution in [-0.4, -0.2) is 15.0 Å². The van der Waals surface area contributed by atoms with Gasteiger partial charge in [-0.2, -0.15) is 0 Å². The molecule has 1 aliphatic carbocycles. The van der Waals surface area contributed by atoms with Crippen LogP contribution in [0.4, 0.5) is 4.79 Å². The quantitative estimate of drug-likeness (QED) is 0.613. The van der Waals surface area contributed by atoms with Crippen molar-refractivity contribution >= 4 is 38.5 Å². The van der Waals surface area contributed by atoms with Gasteiger partial charge in [0.25, 0.3) is 0 Å². The van der Waals surface area contributed by atoms with Crippen molar-refractivity contribution in [2.75, 3.05) is 5.43 Å². The molecule has 0 saturated heterocycles. The molecular formula is C10H9ClN4OS. The van der Waals surface area contributed by atoms with Crippen LogP contribution >= 0.6 is 22.9 Å². The Balaban J connectivity index is 2.26. The Hall–Kier alpha value is -1.40. The normalized spacial score (nSPS) is 13.9. The molecule has 2 heterocycles. The molecule has 17 heavy (non-hydrogen) atoms. The summed E-state index contributed by atoms with van der Waals surface area (Å²) in [6.07, 6.45) is 4.60. The third kappa shape index (κ3) is 1.64. The summed E-state index contributed by atoms with van der Waals surface area (Å²) in [5.41, 5.74) is 3.79. The first-order valence-corrected chi connectivity index (χ1v) is 6.39. The van der Waals surface area contributed by atoms with E-state index >= 15 is 0 Å². The molecular weight excluding hydrogens is 260 g/mol. The molecule has 0 aromatic carbocycles.